The van der Waals surface area contributed by atoms with Crippen molar-refractivity contribution >= 4 is 31.6 Å². The molecule has 5 rings (SSSR count). The lowest BCUT2D eigenvalue weighted by atomic mass is 10.1. The van der Waals surface area contributed by atoms with Crippen LogP contribution in [0.15, 0.2) is 35.5 Å². The maximum Gasteiger partial charge on any atom is 0.243 e. The van der Waals surface area contributed by atoms with E-state index in [0.717, 1.165) is 23.1 Å². The Balaban J connectivity index is 1.43. The molecular formula is C21H23N3O4S2. The summed E-state index contributed by atoms with van der Waals surface area (Å²) in [4.78, 5) is 11.4. The van der Waals surface area contributed by atoms with Crippen LogP contribution in [0, 0.1) is 0 Å². The summed E-state index contributed by atoms with van der Waals surface area (Å²) in [6.07, 6.45) is 7.26. The molecule has 1 aromatic carbocycles. The molecule has 0 amide bonds. The van der Waals surface area contributed by atoms with Crippen molar-refractivity contribution in [1.82, 2.24) is 14.3 Å². The van der Waals surface area contributed by atoms with Gasteiger partial charge in [-0.25, -0.2) is 18.4 Å². The Kier molecular flexibility index (Phi) is 5.44. The summed E-state index contributed by atoms with van der Waals surface area (Å²) in [6.45, 7) is 1.61. The van der Waals surface area contributed by atoms with Gasteiger partial charge in [-0.15, -0.1) is 11.3 Å². The lowest BCUT2D eigenvalue weighted by Gasteiger charge is -2.26. The number of hydrogen-bond acceptors (Lipinski definition) is 7. The van der Waals surface area contributed by atoms with Gasteiger partial charge in [0, 0.05) is 18.0 Å². The highest BCUT2D eigenvalue weighted by Gasteiger charge is 2.26. The highest BCUT2D eigenvalue weighted by atomic mass is 32.2. The zero-order valence-corrected chi connectivity index (χ0v) is 18.2. The van der Waals surface area contributed by atoms with Crippen LogP contribution in [-0.2, 0) is 27.6 Å². The van der Waals surface area contributed by atoms with Crippen molar-refractivity contribution in [3.63, 3.8) is 0 Å². The van der Waals surface area contributed by atoms with Gasteiger partial charge in [-0.05, 0) is 55.5 Å². The molecule has 1 aliphatic heterocycles. The van der Waals surface area contributed by atoms with Crippen LogP contribution in [0.25, 0.3) is 10.2 Å². The summed E-state index contributed by atoms with van der Waals surface area (Å²) in [6, 6.07) is 6.55. The number of aromatic nitrogens is 2. The third-order valence-corrected chi connectivity index (χ3v) is 8.73. The molecule has 158 valence electrons. The molecule has 30 heavy (non-hydrogen) atoms. The van der Waals surface area contributed by atoms with E-state index in [1.165, 1.54) is 40.3 Å². The summed E-state index contributed by atoms with van der Waals surface area (Å²) in [5, 5.41) is 1.00. The highest BCUT2D eigenvalue weighted by Crippen LogP contribution is 2.39. The van der Waals surface area contributed by atoms with E-state index in [1.54, 1.807) is 35.6 Å². The Hall–Kier alpha value is -2.07. The molecule has 0 bridgehead atoms. The minimum absolute atomic E-state index is 0.258. The van der Waals surface area contributed by atoms with E-state index < -0.39 is 10.0 Å². The second-order valence-corrected chi connectivity index (χ2v) is 10.5. The molecule has 9 heteroatoms. The monoisotopic (exact) mass is 445 g/mol. The fourth-order valence-corrected chi connectivity index (χ4v) is 6.67. The molecule has 0 spiro atoms. The van der Waals surface area contributed by atoms with Gasteiger partial charge in [0.2, 0.25) is 15.9 Å². The smallest absolute Gasteiger partial charge is 0.243 e. The zero-order chi connectivity index (χ0) is 20.6. The number of fused-ring (bicyclic) bond motifs is 3. The minimum atomic E-state index is -3.52. The van der Waals surface area contributed by atoms with Gasteiger partial charge in [-0.1, -0.05) is 6.42 Å². The van der Waals surface area contributed by atoms with Crippen molar-refractivity contribution in [2.45, 2.75) is 37.0 Å². The van der Waals surface area contributed by atoms with Gasteiger partial charge in [-0.2, -0.15) is 4.31 Å². The third kappa shape index (κ3) is 3.71. The molecule has 0 atom stereocenters. The summed E-state index contributed by atoms with van der Waals surface area (Å²) in [5.74, 6) is 1.10. The fourth-order valence-electron chi connectivity index (χ4n) is 4.04. The second-order valence-electron chi connectivity index (χ2n) is 7.51. The first kappa shape index (κ1) is 19.9. The van der Waals surface area contributed by atoms with E-state index in [9.17, 15) is 8.42 Å². The van der Waals surface area contributed by atoms with E-state index in [-0.39, 0.29) is 4.90 Å². The highest BCUT2D eigenvalue weighted by molar-refractivity contribution is 7.89. The van der Waals surface area contributed by atoms with Crippen molar-refractivity contribution < 1.29 is 17.9 Å². The zero-order valence-electron chi connectivity index (χ0n) is 16.5. The van der Waals surface area contributed by atoms with Crippen molar-refractivity contribution in [3.05, 3.63) is 41.0 Å². The van der Waals surface area contributed by atoms with Crippen molar-refractivity contribution in [2.75, 3.05) is 26.3 Å². The molecule has 3 heterocycles. The lowest BCUT2D eigenvalue weighted by molar-refractivity contribution is 0.0730. The van der Waals surface area contributed by atoms with Crippen molar-refractivity contribution in [3.8, 4) is 11.6 Å². The number of morpholine rings is 1. The van der Waals surface area contributed by atoms with Crippen molar-refractivity contribution in [1.29, 1.82) is 0 Å². The van der Waals surface area contributed by atoms with Crippen LogP contribution in [0.4, 0.5) is 0 Å². The van der Waals surface area contributed by atoms with Gasteiger partial charge < -0.3 is 9.47 Å². The Bertz CT molecular complexity index is 1150. The summed E-state index contributed by atoms with van der Waals surface area (Å²) in [7, 11) is -3.52. The van der Waals surface area contributed by atoms with E-state index >= 15 is 0 Å². The molecule has 0 unspecified atom stereocenters. The van der Waals surface area contributed by atoms with Gasteiger partial charge in [-0.3, -0.25) is 0 Å². The third-order valence-electron chi connectivity index (χ3n) is 5.61. The first-order chi connectivity index (χ1) is 14.6. The molecule has 2 aromatic heterocycles. The van der Waals surface area contributed by atoms with Gasteiger partial charge >= 0.3 is 0 Å². The van der Waals surface area contributed by atoms with Crippen LogP contribution >= 0.6 is 11.3 Å². The first-order valence-corrected chi connectivity index (χ1v) is 12.5. The number of aryl methyl sites for hydroxylation is 2. The second kappa shape index (κ2) is 8.22. The average Bonchev–Trinajstić information content (AvgIpc) is 2.97. The van der Waals surface area contributed by atoms with E-state index in [0.29, 0.717) is 37.9 Å². The number of rotatable bonds is 4. The molecule has 3 aromatic rings. The quantitative estimate of drug-likeness (QED) is 0.569. The average molecular weight is 446 g/mol. The molecule has 7 nitrogen and oxygen atoms in total. The predicted octanol–water partition coefficient (Wildman–Crippen LogP) is 3.77. The fraction of sp³-hybridized carbons (Fsp3) is 0.429. The van der Waals surface area contributed by atoms with Gasteiger partial charge in [0.1, 0.15) is 16.9 Å². The van der Waals surface area contributed by atoms with Crippen LogP contribution in [0.2, 0.25) is 0 Å². The molecule has 1 aliphatic carbocycles. The van der Waals surface area contributed by atoms with Crippen molar-refractivity contribution in [2.24, 2.45) is 0 Å². The Morgan fingerprint density at radius 2 is 1.77 bits per heavy atom. The number of sulfonamides is 1. The number of benzene rings is 1. The molecule has 0 radical (unpaired) electrons. The van der Waals surface area contributed by atoms with Crippen LogP contribution in [0.1, 0.15) is 29.7 Å². The lowest BCUT2D eigenvalue weighted by Crippen LogP contribution is -2.40. The van der Waals surface area contributed by atoms with Gasteiger partial charge in [0.15, 0.2) is 0 Å². The molecule has 1 saturated heterocycles. The summed E-state index contributed by atoms with van der Waals surface area (Å²) >= 11 is 1.73. The molecular weight excluding hydrogens is 422 g/mol. The maximum absolute atomic E-state index is 12.8. The number of hydrogen-bond donors (Lipinski definition) is 0. The summed E-state index contributed by atoms with van der Waals surface area (Å²) in [5.41, 5.74) is 1.31. The van der Waals surface area contributed by atoms with Crippen LogP contribution in [-0.4, -0.2) is 49.0 Å². The van der Waals surface area contributed by atoms with E-state index in [4.69, 9.17) is 9.47 Å². The van der Waals surface area contributed by atoms with Crippen LogP contribution in [0.3, 0.4) is 0 Å². The molecule has 1 fully saturated rings. The van der Waals surface area contributed by atoms with E-state index in [1.807, 2.05) is 0 Å². The number of thiophene rings is 1. The molecule has 0 saturated carbocycles. The Morgan fingerprint density at radius 3 is 2.57 bits per heavy atom. The normalized spacial score (nSPS) is 18.1. The Labute approximate surface area is 179 Å². The van der Waals surface area contributed by atoms with Gasteiger partial charge in [0.05, 0.1) is 23.5 Å². The molecule has 0 N–H and O–H groups in total. The molecule has 2 aliphatic rings. The largest absolute Gasteiger partial charge is 0.438 e. The van der Waals surface area contributed by atoms with Gasteiger partial charge in [0.25, 0.3) is 0 Å². The standard InChI is InChI=1S/C21H23N3O4S2/c25-30(26,24-10-12-27-13-11-24)16-8-6-15(7-9-16)28-20-19-17-4-2-1-3-5-18(17)29-21(19)23-14-22-20/h6-9,14H,1-5,10-13H2. The van der Waals surface area contributed by atoms with Crippen LogP contribution in [0.5, 0.6) is 11.6 Å². The first-order valence-electron chi connectivity index (χ1n) is 10.2. The van der Waals surface area contributed by atoms with Crippen LogP contribution < -0.4 is 4.74 Å². The summed E-state index contributed by atoms with van der Waals surface area (Å²) < 4.78 is 38.4. The predicted molar refractivity (Wildman–Crippen MR) is 115 cm³/mol. The Morgan fingerprint density at radius 1 is 1.00 bits per heavy atom. The minimum Gasteiger partial charge on any atom is -0.438 e. The van der Waals surface area contributed by atoms with E-state index in [2.05, 4.69) is 9.97 Å². The SMILES string of the molecule is O=S(=O)(c1ccc(Oc2ncnc3sc4c(c23)CCCCC4)cc1)N1CCOCC1. The maximum atomic E-state index is 12.8. The topological polar surface area (TPSA) is 81.6 Å². The number of nitrogens with zero attached hydrogens (tertiary/aromatic N) is 3. The number of ether oxygens (including phenoxy) is 2.